The molecule has 19 heavy (non-hydrogen) atoms. The molecule has 0 radical (unpaired) electrons. The van der Waals surface area contributed by atoms with Crippen LogP contribution in [0.5, 0.6) is 0 Å². The van der Waals surface area contributed by atoms with E-state index in [1.165, 1.54) is 24.3 Å². The molecule has 1 aliphatic rings. The molecule has 0 aliphatic carbocycles. The molecule has 2 N–H and O–H groups in total. The largest absolute Gasteiger partial charge is 0.399 e. The second-order valence-electron chi connectivity index (χ2n) is 4.70. The van der Waals surface area contributed by atoms with Gasteiger partial charge in [-0.2, -0.15) is 0 Å². The fraction of sp³-hybridized carbons (Fsp3) is 0.133. The summed E-state index contributed by atoms with van der Waals surface area (Å²) < 4.78 is 12.8. The van der Waals surface area contributed by atoms with E-state index in [-0.39, 0.29) is 11.7 Å². The Morgan fingerprint density at radius 1 is 1.05 bits per heavy atom. The molecular weight excluding hydrogens is 243 g/mol. The first-order valence-corrected chi connectivity index (χ1v) is 6.05. The highest BCUT2D eigenvalue weighted by Gasteiger charge is 2.24. The summed E-state index contributed by atoms with van der Waals surface area (Å²) in [6, 6.07) is 11.3. The highest BCUT2D eigenvalue weighted by atomic mass is 19.1. The van der Waals surface area contributed by atoms with E-state index in [0.29, 0.717) is 24.3 Å². The fourth-order valence-electron chi connectivity index (χ4n) is 2.33. The number of benzene rings is 2. The highest BCUT2D eigenvalue weighted by Crippen LogP contribution is 2.26. The molecule has 3 nitrogen and oxygen atoms in total. The number of rotatable bonds is 1. The van der Waals surface area contributed by atoms with Crippen LogP contribution < -0.4 is 5.73 Å². The molecule has 0 saturated heterocycles. The molecule has 0 unspecified atom stereocenters. The third-order valence-corrected chi connectivity index (χ3v) is 3.33. The molecule has 0 fully saturated rings. The molecule has 1 aliphatic heterocycles. The van der Waals surface area contributed by atoms with E-state index in [4.69, 9.17) is 5.73 Å². The lowest BCUT2D eigenvalue weighted by Crippen LogP contribution is -2.25. The summed E-state index contributed by atoms with van der Waals surface area (Å²) in [7, 11) is 0. The quantitative estimate of drug-likeness (QED) is 0.797. The van der Waals surface area contributed by atoms with Gasteiger partial charge in [-0.1, -0.05) is 6.07 Å². The summed E-state index contributed by atoms with van der Waals surface area (Å²) >= 11 is 0. The highest BCUT2D eigenvalue weighted by molar-refractivity contribution is 5.94. The summed E-state index contributed by atoms with van der Waals surface area (Å²) in [6.45, 7) is 1.13. The van der Waals surface area contributed by atoms with Crippen LogP contribution in [0.3, 0.4) is 0 Å². The van der Waals surface area contributed by atoms with Crippen molar-refractivity contribution in [1.82, 2.24) is 4.90 Å². The smallest absolute Gasteiger partial charge is 0.254 e. The van der Waals surface area contributed by atoms with Gasteiger partial charge in [0.05, 0.1) is 0 Å². The number of amides is 1. The van der Waals surface area contributed by atoms with Crippen LogP contribution in [-0.4, -0.2) is 10.8 Å². The van der Waals surface area contributed by atoms with E-state index in [1.807, 2.05) is 18.2 Å². The van der Waals surface area contributed by atoms with Gasteiger partial charge in [0, 0.05) is 24.3 Å². The number of fused-ring (bicyclic) bond motifs is 1. The Morgan fingerprint density at radius 3 is 2.47 bits per heavy atom. The van der Waals surface area contributed by atoms with Gasteiger partial charge < -0.3 is 10.6 Å². The zero-order chi connectivity index (χ0) is 13.4. The number of hydrogen-bond donors (Lipinski definition) is 1. The molecule has 0 aromatic heterocycles. The summed E-state index contributed by atoms with van der Waals surface area (Å²) in [4.78, 5) is 14.0. The molecule has 0 spiro atoms. The van der Waals surface area contributed by atoms with Crippen molar-refractivity contribution in [1.29, 1.82) is 0 Å². The van der Waals surface area contributed by atoms with E-state index in [0.717, 1.165) is 11.1 Å². The maximum Gasteiger partial charge on any atom is 0.254 e. The van der Waals surface area contributed by atoms with E-state index < -0.39 is 0 Å². The maximum atomic E-state index is 12.8. The monoisotopic (exact) mass is 256 g/mol. The van der Waals surface area contributed by atoms with Gasteiger partial charge >= 0.3 is 0 Å². The zero-order valence-corrected chi connectivity index (χ0v) is 10.3. The summed E-state index contributed by atoms with van der Waals surface area (Å²) in [5.74, 6) is -0.427. The lowest BCUT2D eigenvalue weighted by molar-refractivity contribution is 0.0751. The Labute approximate surface area is 110 Å². The van der Waals surface area contributed by atoms with Gasteiger partial charge in [0.25, 0.3) is 5.91 Å². The normalized spacial score (nSPS) is 13.4. The van der Waals surface area contributed by atoms with Crippen molar-refractivity contribution >= 4 is 11.6 Å². The van der Waals surface area contributed by atoms with Gasteiger partial charge in [-0.05, 0) is 47.5 Å². The molecule has 0 atom stereocenters. The van der Waals surface area contributed by atoms with E-state index in [9.17, 15) is 9.18 Å². The molecule has 1 amide bonds. The Bertz CT molecular complexity index is 637. The molecule has 2 aromatic rings. The van der Waals surface area contributed by atoms with Crippen LogP contribution in [0.2, 0.25) is 0 Å². The first kappa shape index (κ1) is 11.7. The van der Waals surface area contributed by atoms with Gasteiger partial charge in [0.2, 0.25) is 0 Å². The van der Waals surface area contributed by atoms with Crippen molar-refractivity contribution in [2.75, 3.05) is 5.73 Å². The number of nitrogens with zero attached hydrogens (tertiary/aromatic N) is 1. The fourth-order valence-corrected chi connectivity index (χ4v) is 2.33. The summed E-state index contributed by atoms with van der Waals surface area (Å²) in [5, 5.41) is 0. The summed E-state index contributed by atoms with van der Waals surface area (Å²) in [5.41, 5.74) is 9.14. The van der Waals surface area contributed by atoms with Gasteiger partial charge in [-0.15, -0.1) is 0 Å². The van der Waals surface area contributed by atoms with Crippen molar-refractivity contribution in [2.45, 2.75) is 13.1 Å². The van der Waals surface area contributed by atoms with Gasteiger partial charge in [0.1, 0.15) is 5.82 Å². The Balaban J connectivity index is 1.82. The van der Waals surface area contributed by atoms with E-state index in [1.54, 1.807) is 4.90 Å². The van der Waals surface area contributed by atoms with Gasteiger partial charge in [-0.3, -0.25) is 4.79 Å². The number of nitrogen functional groups attached to an aromatic ring is 1. The van der Waals surface area contributed by atoms with E-state index in [2.05, 4.69) is 0 Å². The molecule has 1 heterocycles. The second-order valence-corrected chi connectivity index (χ2v) is 4.70. The number of hydrogen-bond acceptors (Lipinski definition) is 2. The molecule has 0 bridgehead atoms. The average Bonchev–Trinajstić information content (AvgIpc) is 2.81. The van der Waals surface area contributed by atoms with Crippen molar-refractivity contribution in [3.8, 4) is 0 Å². The first-order valence-electron chi connectivity index (χ1n) is 6.05. The SMILES string of the molecule is Nc1ccc2c(c1)CN(C(=O)c1ccc(F)cc1)C2. The van der Waals surface area contributed by atoms with Crippen molar-refractivity contribution in [3.63, 3.8) is 0 Å². The molecule has 4 heteroatoms. The average molecular weight is 256 g/mol. The van der Waals surface area contributed by atoms with Crippen molar-refractivity contribution in [2.24, 2.45) is 0 Å². The van der Waals surface area contributed by atoms with Crippen LogP contribution in [0.4, 0.5) is 10.1 Å². The number of carbonyl (C=O) groups excluding carboxylic acids is 1. The van der Waals surface area contributed by atoms with Crippen LogP contribution in [-0.2, 0) is 13.1 Å². The first-order chi connectivity index (χ1) is 9.13. The van der Waals surface area contributed by atoms with Crippen LogP contribution >= 0.6 is 0 Å². The lowest BCUT2D eigenvalue weighted by atomic mass is 10.1. The predicted molar refractivity (Wildman–Crippen MR) is 70.8 cm³/mol. The predicted octanol–water partition coefficient (Wildman–Crippen LogP) is 2.56. The topological polar surface area (TPSA) is 46.3 Å². The number of halogens is 1. The van der Waals surface area contributed by atoms with Crippen LogP contribution in [0.25, 0.3) is 0 Å². The minimum absolute atomic E-state index is 0.0882. The van der Waals surface area contributed by atoms with Crippen molar-refractivity contribution < 1.29 is 9.18 Å². The third kappa shape index (κ3) is 2.17. The van der Waals surface area contributed by atoms with Crippen LogP contribution in [0.15, 0.2) is 42.5 Å². The Kier molecular flexibility index (Phi) is 2.71. The minimum atomic E-state index is -0.339. The zero-order valence-electron chi connectivity index (χ0n) is 10.3. The number of nitrogens with two attached hydrogens (primary N) is 1. The summed E-state index contributed by atoms with van der Waals surface area (Å²) in [6.07, 6.45) is 0. The molecule has 96 valence electrons. The van der Waals surface area contributed by atoms with Gasteiger partial charge in [0.15, 0.2) is 0 Å². The number of anilines is 1. The minimum Gasteiger partial charge on any atom is -0.399 e. The third-order valence-electron chi connectivity index (χ3n) is 3.33. The lowest BCUT2D eigenvalue weighted by Gasteiger charge is -2.15. The Hall–Kier alpha value is -2.36. The van der Waals surface area contributed by atoms with Crippen molar-refractivity contribution in [3.05, 3.63) is 65.0 Å². The molecular formula is C15H13FN2O. The van der Waals surface area contributed by atoms with E-state index >= 15 is 0 Å². The molecule has 0 saturated carbocycles. The maximum absolute atomic E-state index is 12.8. The molecule has 2 aromatic carbocycles. The van der Waals surface area contributed by atoms with Gasteiger partial charge in [-0.25, -0.2) is 4.39 Å². The van der Waals surface area contributed by atoms with Crippen LogP contribution in [0, 0.1) is 5.82 Å². The second kappa shape index (κ2) is 4.39. The number of carbonyl (C=O) groups is 1. The van der Waals surface area contributed by atoms with Crippen LogP contribution in [0.1, 0.15) is 21.5 Å². The standard InChI is InChI=1S/C15H13FN2O/c16-13-4-1-10(2-5-13)15(19)18-8-11-3-6-14(17)7-12(11)9-18/h1-7H,8-9,17H2. The molecule has 3 rings (SSSR count). The Morgan fingerprint density at radius 2 is 1.74 bits per heavy atom.